The van der Waals surface area contributed by atoms with Crippen molar-refractivity contribution >= 4 is 33.2 Å². The first-order chi connectivity index (χ1) is 9.63. The van der Waals surface area contributed by atoms with Crippen LogP contribution in [-0.4, -0.2) is 0 Å². The highest BCUT2D eigenvalue weighted by Gasteiger charge is 2.11. The van der Waals surface area contributed by atoms with Gasteiger partial charge in [-0.15, -0.1) is 0 Å². The van der Waals surface area contributed by atoms with E-state index in [1.807, 2.05) is 18.2 Å². The maximum Gasteiger partial charge on any atom is 0.0992 e. The number of rotatable bonds is 4. The Morgan fingerprint density at radius 3 is 2.50 bits per heavy atom. The number of hydrogen-bond donors (Lipinski definition) is 1. The highest BCUT2D eigenvalue weighted by atomic mass is 79.9. The second kappa shape index (κ2) is 6.78. The van der Waals surface area contributed by atoms with Gasteiger partial charge in [0.25, 0.3) is 0 Å². The fraction of sp³-hybridized carbons (Fsp3) is 0.188. The van der Waals surface area contributed by atoms with E-state index in [0.29, 0.717) is 10.6 Å². The summed E-state index contributed by atoms with van der Waals surface area (Å²) < 4.78 is 1.06. The molecule has 0 fully saturated rings. The number of anilines is 1. The summed E-state index contributed by atoms with van der Waals surface area (Å²) in [7, 11) is 0. The molecule has 2 rings (SSSR count). The second-order valence-corrected chi connectivity index (χ2v) is 5.79. The fourth-order valence-corrected chi connectivity index (χ4v) is 2.51. The van der Waals surface area contributed by atoms with Crippen LogP contribution in [0.15, 0.2) is 46.9 Å². The summed E-state index contributed by atoms with van der Waals surface area (Å²) in [6.07, 6.45) is 0.942. The Kier molecular flexibility index (Phi) is 5.05. The molecule has 0 aliphatic heterocycles. The van der Waals surface area contributed by atoms with Crippen LogP contribution in [0.2, 0.25) is 5.02 Å². The molecule has 2 aromatic rings. The van der Waals surface area contributed by atoms with Gasteiger partial charge in [-0.3, -0.25) is 0 Å². The quantitative estimate of drug-likeness (QED) is 0.787. The maximum absolute atomic E-state index is 8.85. The van der Waals surface area contributed by atoms with Crippen molar-refractivity contribution in [3.05, 3.63) is 63.1 Å². The third kappa shape index (κ3) is 3.53. The molecule has 0 saturated heterocycles. The van der Waals surface area contributed by atoms with E-state index in [9.17, 15) is 0 Å². The van der Waals surface area contributed by atoms with E-state index in [1.165, 1.54) is 5.56 Å². The number of nitrogens with one attached hydrogen (secondary N) is 1. The Morgan fingerprint density at radius 1 is 1.25 bits per heavy atom. The van der Waals surface area contributed by atoms with Crippen molar-refractivity contribution < 1.29 is 0 Å². The molecule has 0 aliphatic rings. The van der Waals surface area contributed by atoms with Gasteiger partial charge in [0.15, 0.2) is 0 Å². The van der Waals surface area contributed by atoms with Gasteiger partial charge in [0.05, 0.1) is 28.4 Å². The third-order valence-corrected chi connectivity index (χ3v) is 3.95. The minimum atomic E-state index is 0.188. The standard InChI is InChI=1S/C16H14BrClN2/c1-2-15(12-4-6-13(17)7-5-12)20-16-8-3-11(10-19)9-14(16)18/h3-9,15,20H,2H2,1H3. The molecule has 0 radical (unpaired) electrons. The molecular formula is C16H14BrClN2. The normalized spacial score (nSPS) is 11.7. The summed E-state index contributed by atoms with van der Waals surface area (Å²) >= 11 is 9.64. The van der Waals surface area contributed by atoms with Gasteiger partial charge in [0.2, 0.25) is 0 Å². The molecule has 0 aromatic heterocycles. The largest absolute Gasteiger partial charge is 0.377 e. The smallest absolute Gasteiger partial charge is 0.0992 e. The molecule has 1 N–H and O–H groups in total. The third-order valence-electron chi connectivity index (χ3n) is 3.11. The molecule has 4 heteroatoms. The summed E-state index contributed by atoms with van der Waals surface area (Å²) in [6, 6.07) is 15.8. The lowest BCUT2D eigenvalue weighted by atomic mass is 10.0. The molecule has 1 unspecified atom stereocenters. The predicted molar refractivity (Wildman–Crippen MR) is 87.0 cm³/mol. The van der Waals surface area contributed by atoms with Gasteiger partial charge in [-0.25, -0.2) is 0 Å². The van der Waals surface area contributed by atoms with Crippen LogP contribution in [0.1, 0.15) is 30.5 Å². The van der Waals surface area contributed by atoms with Gasteiger partial charge in [0, 0.05) is 4.47 Å². The first-order valence-corrected chi connectivity index (χ1v) is 7.52. The van der Waals surface area contributed by atoms with E-state index in [-0.39, 0.29) is 6.04 Å². The molecule has 20 heavy (non-hydrogen) atoms. The van der Waals surface area contributed by atoms with Gasteiger partial charge < -0.3 is 5.32 Å². The van der Waals surface area contributed by atoms with Crippen LogP contribution >= 0.6 is 27.5 Å². The number of nitriles is 1. The van der Waals surface area contributed by atoms with Crippen molar-refractivity contribution in [1.82, 2.24) is 0 Å². The van der Waals surface area contributed by atoms with Crippen LogP contribution in [0.25, 0.3) is 0 Å². The number of nitrogens with zero attached hydrogens (tertiary/aromatic N) is 1. The number of benzene rings is 2. The minimum Gasteiger partial charge on any atom is -0.377 e. The highest BCUT2D eigenvalue weighted by molar-refractivity contribution is 9.10. The summed E-state index contributed by atoms with van der Waals surface area (Å²) in [4.78, 5) is 0. The molecule has 0 amide bonds. The summed E-state index contributed by atoms with van der Waals surface area (Å²) in [6.45, 7) is 2.12. The lowest BCUT2D eigenvalue weighted by molar-refractivity contribution is 0.749. The summed E-state index contributed by atoms with van der Waals surface area (Å²) in [5, 5.41) is 12.8. The second-order valence-electron chi connectivity index (χ2n) is 4.46. The van der Waals surface area contributed by atoms with Crippen LogP contribution in [0.5, 0.6) is 0 Å². The molecule has 0 saturated carbocycles. The number of hydrogen-bond acceptors (Lipinski definition) is 2. The van der Waals surface area contributed by atoms with Crippen LogP contribution in [0.4, 0.5) is 5.69 Å². The van der Waals surface area contributed by atoms with E-state index < -0.39 is 0 Å². The van der Waals surface area contributed by atoms with Crippen LogP contribution in [-0.2, 0) is 0 Å². The lowest BCUT2D eigenvalue weighted by Crippen LogP contribution is -2.09. The van der Waals surface area contributed by atoms with Gasteiger partial charge >= 0.3 is 0 Å². The molecule has 2 nitrogen and oxygen atoms in total. The topological polar surface area (TPSA) is 35.8 Å². The van der Waals surface area contributed by atoms with Crippen LogP contribution in [0.3, 0.4) is 0 Å². The highest BCUT2D eigenvalue weighted by Crippen LogP contribution is 2.29. The fourth-order valence-electron chi connectivity index (χ4n) is 2.01. The SMILES string of the molecule is CCC(Nc1ccc(C#N)cc1Cl)c1ccc(Br)cc1. The maximum atomic E-state index is 8.85. The van der Waals surface area contributed by atoms with Crippen LogP contribution < -0.4 is 5.32 Å². The number of halogens is 2. The summed E-state index contributed by atoms with van der Waals surface area (Å²) in [5.41, 5.74) is 2.62. The predicted octanol–water partition coefficient (Wildman–Crippen LogP) is 5.54. The Labute approximate surface area is 132 Å². The Hall–Kier alpha value is -1.50. The molecule has 0 bridgehead atoms. The van der Waals surface area contributed by atoms with E-state index >= 15 is 0 Å². The molecule has 0 heterocycles. The average Bonchev–Trinajstić information content (AvgIpc) is 2.47. The van der Waals surface area contributed by atoms with Crippen molar-refractivity contribution in [2.75, 3.05) is 5.32 Å². The van der Waals surface area contributed by atoms with E-state index in [1.54, 1.807) is 12.1 Å². The molecular weight excluding hydrogens is 336 g/mol. The Bertz CT molecular complexity index is 632. The van der Waals surface area contributed by atoms with Crippen molar-refractivity contribution in [3.8, 4) is 6.07 Å². The van der Waals surface area contributed by atoms with E-state index in [4.69, 9.17) is 16.9 Å². The molecule has 0 aliphatic carbocycles. The molecule has 0 spiro atoms. The average molecular weight is 350 g/mol. The van der Waals surface area contributed by atoms with Crippen molar-refractivity contribution in [2.45, 2.75) is 19.4 Å². The van der Waals surface area contributed by atoms with E-state index in [0.717, 1.165) is 16.6 Å². The van der Waals surface area contributed by atoms with Gasteiger partial charge in [0.1, 0.15) is 0 Å². The zero-order valence-electron chi connectivity index (χ0n) is 11.0. The lowest BCUT2D eigenvalue weighted by Gasteiger charge is -2.20. The Balaban J connectivity index is 2.22. The molecule has 1 atom stereocenters. The summed E-state index contributed by atoms with van der Waals surface area (Å²) in [5.74, 6) is 0. The zero-order valence-corrected chi connectivity index (χ0v) is 13.4. The first kappa shape index (κ1) is 14.9. The van der Waals surface area contributed by atoms with Crippen molar-refractivity contribution in [1.29, 1.82) is 5.26 Å². The zero-order chi connectivity index (χ0) is 14.5. The minimum absolute atomic E-state index is 0.188. The first-order valence-electron chi connectivity index (χ1n) is 6.35. The van der Waals surface area contributed by atoms with Gasteiger partial charge in [-0.2, -0.15) is 5.26 Å². The van der Waals surface area contributed by atoms with Crippen LogP contribution in [0, 0.1) is 11.3 Å². The van der Waals surface area contributed by atoms with Gasteiger partial charge in [-0.1, -0.05) is 46.6 Å². The Morgan fingerprint density at radius 2 is 1.95 bits per heavy atom. The molecule has 102 valence electrons. The van der Waals surface area contributed by atoms with E-state index in [2.05, 4.69) is 46.4 Å². The molecule has 2 aromatic carbocycles. The monoisotopic (exact) mass is 348 g/mol. The van der Waals surface area contributed by atoms with Gasteiger partial charge in [-0.05, 0) is 42.3 Å². The van der Waals surface area contributed by atoms with Crippen molar-refractivity contribution in [2.24, 2.45) is 0 Å². The van der Waals surface area contributed by atoms with Crippen molar-refractivity contribution in [3.63, 3.8) is 0 Å².